The molecule has 5 heteroatoms. The summed E-state index contributed by atoms with van der Waals surface area (Å²) < 4.78 is 5.54. The largest absolute Gasteiger partial charge is 0.489 e. The van der Waals surface area contributed by atoms with Crippen LogP contribution >= 0.6 is 23.2 Å². The highest BCUT2D eigenvalue weighted by Crippen LogP contribution is 2.37. The average molecular weight is 274 g/mol. The molecular weight excluding hydrogens is 261 g/mol. The van der Waals surface area contributed by atoms with Gasteiger partial charge in [0.05, 0.1) is 16.7 Å². The molecule has 0 spiro atoms. The van der Waals surface area contributed by atoms with E-state index in [0.29, 0.717) is 34.3 Å². The van der Waals surface area contributed by atoms with Crippen molar-refractivity contribution < 1.29 is 9.53 Å². The van der Waals surface area contributed by atoms with Gasteiger partial charge in [-0.15, -0.1) is 0 Å². The van der Waals surface area contributed by atoms with Crippen molar-refractivity contribution in [2.24, 2.45) is 0 Å². The van der Waals surface area contributed by atoms with Crippen molar-refractivity contribution in [1.29, 1.82) is 0 Å². The van der Waals surface area contributed by atoms with Crippen LogP contribution in [0.1, 0.15) is 29.8 Å². The monoisotopic (exact) mass is 273 g/mol. The van der Waals surface area contributed by atoms with Crippen molar-refractivity contribution in [3.05, 3.63) is 27.2 Å². The SMILES string of the molecule is CC(C)Oc1cc(Cl)c2c(c1Cl)C(=O)NCC2. The first-order chi connectivity index (χ1) is 8.00. The number of benzene rings is 1. The molecule has 1 aromatic rings. The number of hydrogen-bond acceptors (Lipinski definition) is 2. The van der Waals surface area contributed by atoms with Crippen LogP contribution in [0, 0.1) is 0 Å². The molecule has 0 unspecified atom stereocenters. The van der Waals surface area contributed by atoms with Gasteiger partial charge in [0.2, 0.25) is 0 Å². The Labute approximate surface area is 110 Å². The van der Waals surface area contributed by atoms with E-state index < -0.39 is 0 Å². The number of rotatable bonds is 2. The van der Waals surface area contributed by atoms with Crippen LogP contribution in [0.2, 0.25) is 10.0 Å². The number of amides is 1. The zero-order valence-electron chi connectivity index (χ0n) is 9.64. The Morgan fingerprint density at radius 2 is 2.12 bits per heavy atom. The van der Waals surface area contributed by atoms with Gasteiger partial charge in [-0.05, 0) is 25.8 Å². The van der Waals surface area contributed by atoms with Gasteiger partial charge in [0.15, 0.2) is 0 Å². The third-order valence-electron chi connectivity index (χ3n) is 2.53. The summed E-state index contributed by atoms with van der Waals surface area (Å²) in [5.74, 6) is 0.273. The third kappa shape index (κ3) is 2.35. The van der Waals surface area contributed by atoms with Gasteiger partial charge < -0.3 is 10.1 Å². The van der Waals surface area contributed by atoms with E-state index >= 15 is 0 Å². The van der Waals surface area contributed by atoms with Gasteiger partial charge in [0.1, 0.15) is 5.75 Å². The van der Waals surface area contributed by atoms with Gasteiger partial charge in [0, 0.05) is 17.6 Å². The fraction of sp³-hybridized carbons (Fsp3) is 0.417. The maximum absolute atomic E-state index is 11.8. The molecule has 92 valence electrons. The zero-order chi connectivity index (χ0) is 12.6. The lowest BCUT2D eigenvalue weighted by Crippen LogP contribution is -2.32. The van der Waals surface area contributed by atoms with E-state index in [0.717, 1.165) is 5.56 Å². The van der Waals surface area contributed by atoms with Crippen LogP contribution in [0.3, 0.4) is 0 Å². The third-order valence-corrected chi connectivity index (χ3v) is 3.25. The summed E-state index contributed by atoms with van der Waals surface area (Å²) in [7, 11) is 0. The highest BCUT2D eigenvalue weighted by atomic mass is 35.5. The summed E-state index contributed by atoms with van der Waals surface area (Å²) >= 11 is 12.3. The van der Waals surface area contributed by atoms with E-state index in [4.69, 9.17) is 27.9 Å². The Balaban J connectivity index is 2.55. The fourth-order valence-corrected chi connectivity index (χ4v) is 2.44. The standard InChI is InChI=1S/C12H13Cl2NO2/c1-6(2)17-9-5-8(13)7-3-4-15-12(16)10(7)11(9)14/h5-6H,3-4H2,1-2H3,(H,15,16). The minimum absolute atomic E-state index is 0.0201. The fourth-order valence-electron chi connectivity index (χ4n) is 1.85. The Kier molecular flexibility index (Phi) is 3.50. The maximum Gasteiger partial charge on any atom is 0.253 e. The molecule has 1 aliphatic rings. The Bertz CT molecular complexity index is 472. The van der Waals surface area contributed by atoms with E-state index in [1.54, 1.807) is 6.07 Å². The molecule has 0 aliphatic carbocycles. The molecule has 0 radical (unpaired) electrons. The molecule has 2 rings (SSSR count). The predicted octanol–water partition coefficient (Wildman–Crippen LogP) is 3.07. The molecule has 1 N–H and O–H groups in total. The van der Waals surface area contributed by atoms with Gasteiger partial charge in [-0.1, -0.05) is 23.2 Å². The second-order valence-electron chi connectivity index (χ2n) is 4.20. The lowest BCUT2D eigenvalue weighted by atomic mass is 10.00. The summed E-state index contributed by atoms with van der Waals surface area (Å²) in [4.78, 5) is 11.8. The van der Waals surface area contributed by atoms with Crippen LogP contribution < -0.4 is 10.1 Å². The minimum Gasteiger partial charge on any atom is -0.489 e. The van der Waals surface area contributed by atoms with Gasteiger partial charge in [-0.25, -0.2) is 0 Å². The molecule has 17 heavy (non-hydrogen) atoms. The number of hydrogen-bond donors (Lipinski definition) is 1. The van der Waals surface area contributed by atoms with Crippen LogP contribution in [0.5, 0.6) is 5.75 Å². The Morgan fingerprint density at radius 3 is 2.76 bits per heavy atom. The van der Waals surface area contributed by atoms with Crippen LogP contribution in [0.25, 0.3) is 0 Å². The van der Waals surface area contributed by atoms with Crippen molar-refractivity contribution in [2.75, 3.05) is 6.54 Å². The molecule has 1 aromatic carbocycles. The summed E-state index contributed by atoms with van der Waals surface area (Å²) in [6.07, 6.45) is 0.676. The van der Waals surface area contributed by atoms with Crippen molar-refractivity contribution in [3.63, 3.8) is 0 Å². The zero-order valence-corrected chi connectivity index (χ0v) is 11.2. The summed E-state index contributed by atoms with van der Waals surface area (Å²) in [5, 5.41) is 3.63. The summed E-state index contributed by atoms with van der Waals surface area (Å²) in [5.41, 5.74) is 1.25. The number of nitrogens with one attached hydrogen (secondary N) is 1. The molecule has 0 saturated carbocycles. The highest BCUT2D eigenvalue weighted by molar-refractivity contribution is 6.38. The number of carbonyl (C=O) groups excluding carboxylic acids is 1. The van der Waals surface area contributed by atoms with E-state index in [9.17, 15) is 4.79 Å². The van der Waals surface area contributed by atoms with E-state index in [-0.39, 0.29) is 12.0 Å². The lowest BCUT2D eigenvalue weighted by molar-refractivity contribution is 0.0945. The quantitative estimate of drug-likeness (QED) is 0.900. The van der Waals surface area contributed by atoms with E-state index in [1.807, 2.05) is 13.8 Å². The van der Waals surface area contributed by atoms with Crippen molar-refractivity contribution in [1.82, 2.24) is 5.32 Å². The van der Waals surface area contributed by atoms with Crippen LogP contribution in [0.15, 0.2) is 6.07 Å². The molecule has 1 aliphatic heterocycles. The van der Waals surface area contributed by atoms with Gasteiger partial charge in [0.25, 0.3) is 5.91 Å². The predicted molar refractivity (Wildman–Crippen MR) is 68.3 cm³/mol. The number of carbonyl (C=O) groups is 1. The molecule has 1 amide bonds. The second-order valence-corrected chi connectivity index (χ2v) is 4.98. The van der Waals surface area contributed by atoms with Gasteiger partial charge in [-0.2, -0.15) is 0 Å². The van der Waals surface area contributed by atoms with Crippen LogP contribution in [-0.4, -0.2) is 18.6 Å². The molecule has 0 bridgehead atoms. The van der Waals surface area contributed by atoms with Crippen LogP contribution in [0.4, 0.5) is 0 Å². The lowest BCUT2D eigenvalue weighted by Gasteiger charge is -2.21. The molecule has 0 aromatic heterocycles. The van der Waals surface area contributed by atoms with Gasteiger partial charge >= 0.3 is 0 Å². The number of halogens is 2. The van der Waals surface area contributed by atoms with Crippen molar-refractivity contribution >= 4 is 29.1 Å². The number of ether oxygens (including phenoxy) is 1. The molecule has 1 heterocycles. The van der Waals surface area contributed by atoms with Crippen LogP contribution in [-0.2, 0) is 6.42 Å². The van der Waals surface area contributed by atoms with Crippen molar-refractivity contribution in [3.8, 4) is 5.75 Å². The second kappa shape index (κ2) is 4.75. The number of fused-ring (bicyclic) bond motifs is 1. The normalized spacial score (nSPS) is 14.5. The summed E-state index contributed by atoms with van der Waals surface area (Å²) in [6, 6.07) is 1.68. The van der Waals surface area contributed by atoms with E-state index in [1.165, 1.54) is 0 Å². The first kappa shape index (κ1) is 12.5. The molecular formula is C12H13Cl2NO2. The molecule has 0 fully saturated rings. The summed E-state index contributed by atoms with van der Waals surface area (Å²) in [6.45, 7) is 4.37. The Morgan fingerprint density at radius 1 is 1.41 bits per heavy atom. The Hall–Kier alpha value is -0.930. The van der Waals surface area contributed by atoms with Gasteiger partial charge in [-0.3, -0.25) is 4.79 Å². The first-order valence-corrected chi connectivity index (χ1v) is 6.22. The topological polar surface area (TPSA) is 38.3 Å². The minimum atomic E-state index is -0.188. The van der Waals surface area contributed by atoms with E-state index in [2.05, 4.69) is 5.32 Å². The van der Waals surface area contributed by atoms with Crippen molar-refractivity contribution in [2.45, 2.75) is 26.4 Å². The molecule has 3 nitrogen and oxygen atoms in total. The maximum atomic E-state index is 11.8. The molecule has 0 saturated heterocycles. The first-order valence-electron chi connectivity index (χ1n) is 5.46. The smallest absolute Gasteiger partial charge is 0.253 e. The average Bonchev–Trinajstić information content (AvgIpc) is 2.24. The highest BCUT2D eigenvalue weighted by Gasteiger charge is 2.25. The molecule has 0 atom stereocenters.